The molecule has 1 aliphatic rings. The zero-order chi connectivity index (χ0) is 37.1. The van der Waals surface area contributed by atoms with Gasteiger partial charge in [0, 0.05) is 0 Å². The Hall–Kier alpha value is 0.0500. The Morgan fingerprint density at radius 2 is 1.00 bits per heavy atom. The Bertz CT molecular complexity index is 887. The van der Waals surface area contributed by atoms with Crippen molar-refractivity contribution in [3.8, 4) is 0 Å². The summed E-state index contributed by atoms with van der Waals surface area (Å²) in [5.74, 6) is -0.575. The third-order valence-corrected chi connectivity index (χ3v) is 6.68. The van der Waals surface area contributed by atoms with E-state index in [-0.39, 0.29) is 61.6 Å². The SMILES string of the molecule is C=CCOCC(COCC1COC(C)(C)O1)OCCOCCOCCOCCOCCOCCOCCOCCOCCOCCOS(=O)(=O)[O-].[Na+]. The van der Waals surface area contributed by atoms with Crippen molar-refractivity contribution in [1.82, 2.24) is 0 Å². The van der Waals surface area contributed by atoms with Gasteiger partial charge >= 0.3 is 29.6 Å². The number of hydrogen-bond donors (Lipinski definition) is 0. The van der Waals surface area contributed by atoms with Crippen molar-refractivity contribution in [3.05, 3.63) is 12.7 Å². The maximum atomic E-state index is 10.2. The van der Waals surface area contributed by atoms with Gasteiger partial charge in [0.05, 0.1) is 165 Å². The first-order valence-electron chi connectivity index (χ1n) is 17.2. The van der Waals surface area contributed by atoms with Crippen molar-refractivity contribution in [2.75, 3.05) is 165 Å². The summed E-state index contributed by atoms with van der Waals surface area (Å²) in [5, 5.41) is 0. The first kappa shape index (κ1) is 52.0. The van der Waals surface area contributed by atoms with E-state index < -0.39 is 16.2 Å². The van der Waals surface area contributed by atoms with E-state index >= 15 is 0 Å². The minimum atomic E-state index is -4.68. The second kappa shape index (κ2) is 36.7. The smallest absolute Gasteiger partial charge is 0.726 e. The molecule has 1 rings (SSSR count). The molecule has 1 saturated heterocycles. The van der Waals surface area contributed by atoms with Crippen LogP contribution in [0.25, 0.3) is 0 Å². The first-order chi connectivity index (χ1) is 24.7. The Labute approximate surface area is 331 Å². The van der Waals surface area contributed by atoms with Crippen LogP contribution in [0.4, 0.5) is 0 Å². The Morgan fingerprint density at radius 3 is 1.35 bits per heavy atom. The van der Waals surface area contributed by atoms with E-state index in [9.17, 15) is 13.0 Å². The van der Waals surface area contributed by atoms with Gasteiger partial charge in [-0.25, -0.2) is 8.42 Å². The molecule has 0 bridgehead atoms. The zero-order valence-electron chi connectivity index (χ0n) is 31.4. The van der Waals surface area contributed by atoms with Crippen LogP contribution in [0, 0.1) is 0 Å². The molecular weight excluding hydrogens is 727 g/mol. The van der Waals surface area contributed by atoms with Gasteiger partial charge in [0.2, 0.25) is 10.4 Å². The van der Waals surface area contributed by atoms with Gasteiger partial charge in [-0.2, -0.15) is 0 Å². The van der Waals surface area contributed by atoms with Gasteiger partial charge in [-0.15, -0.1) is 6.58 Å². The first-order valence-corrected chi connectivity index (χ1v) is 18.5. The number of ether oxygens (including phenoxy) is 14. The molecule has 0 N–H and O–H groups in total. The summed E-state index contributed by atoms with van der Waals surface area (Å²) in [7, 11) is -4.68. The van der Waals surface area contributed by atoms with Crippen molar-refractivity contribution in [2.24, 2.45) is 0 Å². The van der Waals surface area contributed by atoms with Crippen LogP contribution in [-0.4, -0.2) is 196 Å². The maximum absolute atomic E-state index is 10.2. The second-order valence-corrected chi connectivity index (χ2v) is 12.1. The molecule has 2 atom stereocenters. The van der Waals surface area contributed by atoms with Crippen LogP contribution in [0.2, 0.25) is 0 Å². The predicted octanol–water partition coefficient (Wildman–Crippen LogP) is -2.63. The predicted molar refractivity (Wildman–Crippen MR) is 179 cm³/mol. The van der Waals surface area contributed by atoms with Gasteiger partial charge in [-0.1, -0.05) is 6.08 Å². The molecule has 18 nitrogen and oxygen atoms in total. The molecule has 0 radical (unpaired) electrons. The van der Waals surface area contributed by atoms with Crippen LogP contribution in [0.3, 0.4) is 0 Å². The van der Waals surface area contributed by atoms with Crippen molar-refractivity contribution < 1.29 is 113 Å². The van der Waals surface area contributed by atoms with Gasteiger partial charge in [-0.05, 0) is 13.8 Å². The maximum Gasteiger partial charge on any atom is 1.00 e. The van der Waals surface area contributed by atoms with Gasteiger partial charge < -0.3 is 70.9 Å². The van der Waals surface area contributed by atoms with Crippen LogP contribution in [0.5, 0.6) is 0 Å². The average Bonchev–Trinajstić information content (AvgIpc) is 3.44. The van der Waals surface area contributed by atoms with Crippen molar-refractivity contribution >= 4 is 10.4 Å². The van der Waals surface area contributed by atoms with E-state index in [0.717, 1.165) is 0 Å². The fraction of sp³-hybridized carbons (Fsp3) is 0.938. The van der Waals surface area contributed by atoms with Crippen molar-refractivity contribution in [1.29, 1.82) is 0 Å². The molecule has 0 spiro atoms. The molecule has 2 unspecified atom stereocenters. The van der Waals surface area contributed by atoms with Crippen molar-refractivity contribution in [2.45, 2.75) is 31.8 Å². The van der Waals surface area contributed by atoms with E-state index in [0.29, 0.717) is 145 Å². The molecule has 20 heteroatoms. The average molecular weight is 789 g/mol. The fourth-order valence-electron chi connectivity index (χ4n) is 3.93. The van der Waals surface area contributed by atoms with Crippen LogP contribution in [0.15, 0.2) is 12.7 Å². The topological polar surface area (TPSA) is 196 Å². The molecule has 0 aromatic heterocycles. The van der Waals surface area contributed by atoms with Crippen LogP contribution in [-0.2, 0) is 80.9 Å². The van der Waals surface area contributed by atoms with Crippen LogP contribution in [0.1, 0.15) is 13.8 Å². The monoisotopic (exact) mass is 788 g/mol. The van der Waals surface area contributed by atoms with Crippen molar-refractivity contribution in [3.63, 3.8) is 0 Å². The minimum Gasteiger partial charge on any atom is -0.726 e. The zero-order valence-corrected chi connectivity index (χ0v) is 34.2. The largest absolute Gasteiger partial charge is 1.00 e. The standard InChI is InChI=1S/C32H62O18S.Na/c1-4-5-45-26-30(27-46-28-31-29-48-32(2,3)50-31)47-24-22-43-20-18-41-16-14-39-12-10-37-8-6-36-7-9-38-11-13-40-15-17-42-19-21-44-23-25-49-51(33,34)35;/h4,30-31H,1,5-29H2,2-3H3,(H,33,34,35);/q;+1/p-1. The van der Waals surface area contributed by atoms with Gasteiger partial charge in [0.25, 0.3) is 0 Å². The van der Waals surface area contributed by atoms with E-state index in [2.05, 4.69) is 10.8 Å². The van der Waals surface area contributed by atoms with E-state index in [1.807, 2.05) is 13.8 Å². The minimum absolute atomic E-state index is 0. The summed E-state index contributed by atoms with van der Waals surface area (Å²) in [6.45, 7) is 16.8. The third kappa shape index (κ3) is 37.0. The Kier molecular flexibility index (Phi) is 36.7. The summed E-state index contributed by atoms with van der Waals surface area (Å²) in [5.41, 5.74) is 0. The molecule has 1 aliphatic heterocycles. The summed E-state index contributed by atoms with van der Waals surface area (Å²) in [4.78, 5) is 0. The van der Waals surface area contributed by atoms with Gasteiger partial charge in [0.15, 0.2) is 5.79 Å². The molecular formula is C32H61NaO18S. The summed E-state index contributed by atoms with van der Waals surface area (Å²) >= 11 is 0. The summed E-state index contributed by atoms with van der Waals surface area (Å²) < 4.78 is 112. The molecule has 0 saturated carbocycles. The van der Waals surface area contributed by atoms with Crippen LogP contribution < -0.4 is 29.6 Å². The molecule has 0 amide bonds. The van der Waals surface area contributed by atoms with Gasteiger partial charge in [0.1, 0.15) is 12.2 Å². The molecule has 0 aliphatic carbocycles. The second-order valence-electron chi connectivity index (χ2n) is 11.0. The van der Waals surface area contributed by atoms with E-state index in [1.54, 1.807) is 6.08 Å². The molecule has 1 fully saturated rings. The van der Waals surface area contributed by atoms with E-state index in [4.69, 9.17) is 66.3 Å². The molecule has 52 heavy (non-hydrogen) atoms. The molecule has 0 aromatic carbocycles. The quantitative estimate of drug-likeness (QED) is 0.0206. The number of rotatable bonds is 40. The fourth-order valence-corrected chi connectivity index (χ4v) is 4.21. The molecule has 304 valence electrons. The summed E-state index contributed by atoms with van der Waals surface area (Å²) in [6, 6.07) is 0. The van der Waals surface area contributed by atoms with Gasteiger partial charge in [-0.3, -0.25) is 4.18 Å². The molecule has 1 heterocycles. The normalized spacial score (nSPS) is 16.2. The van der Waals surface area contributed by atoms with E-state index in [1.165, 1.54) is 0 Å². The number of hydrogen-bond acceptors (Lipinski definition) is 18. The van der Waals surface area contributed by atoms with Crippen LogP contribution >= 0.6 is 0 Å². The Balaban J connectivity index is 0.0000260. The summed E-state index contributed by atoms with van der Waals surface area (Å²) in [6.07, 6.45) is 1.36. The molecule has 0 aromatic rings. The third-order valence-electron chi connectivity index (χ3n) is 6.23. The Morgan fingerprint density at radius 1 is 0.635 bits per heavy atom.